The number of aliphatic hydroxyl groups excluding tert-OH is 1. The van der Waals surface area contributed by atoms with Gasteiger partial charge in [-0.3, -0.25) is 4.79 Å². The van der Waals surface area contributed by atoms with Gasteiger partial charge in [0.2, 0.25) is 0 Å². The van der Waals surface area contributed by atoms with Crippen LogP contribution in [0.5, 0.6) is 11.5 Å². The van der Waals surface area contributed by atoms with Crippen LogP contribution >= 0.6 is 11.8 Å². The van der Waals surface area contributed by atoms with Gasteiger partial charge in [-0.1, -0.05) is 78.0 Å². The van der Waals surface area contributed by atoms with Gasteiger partial charge >= 0.3 is 5.97 Å². The Labute approximate surface area is 238 Å². The number of thioether (sulfide) groups is 1. The Morgan fingerprint density at radius 2 is 1.40 bits per heavy atom. The highest BCUT2D eigenvalue weighted by Gasteiger charge is 2.30. The molecule has 0 aromatic heterocycles. The fourth-order valence-corrected chi connectivity index (χ4v) is 4.93. The van der Waals surface area contributed by atoms with E-state index in [1.807, 2.05) is 84.9 Å². The van der Waals surface area contributed by atoms with Crippen molar-refractivity contribution < 1.29 is 28.9 Å². The minimum atomic E-state index is -1.05. The van der Waals surface area contributed by atoms with Gasteiger partial charge in [0.15, 0.2) is 0 Å². The van der Waals surface area contributed by atoms with Crippen molar-refractivity contribution in [1.82, 2.24) is 0 Å². The van der Waals surface area contributed by atoms with E-state index < -0.39 is 17.3 Å². The molecule has 0 saturated carbocycles. The first-order chi connectivity index (χ1) is 19.6. The number of nitrogens with zero attached hydrogens (tertiary/aromatic N) is 1. The van der Waals surface area contributed by atoms with Gasteiger partial charge < -0.3 is 24.2 Å². The number of methoxy groups -OCH3 is 1. The molecule has 0 spiro atoms. The van der Waals surface area contributed by atoms with Gasteiger partial charge in [0, 0.05) is 10.5 Å². The Kier molecular flexibility index (Phi) is 10.6. The van der Waals surface area contributed by atoms with Crippen LogP contribution in [0, 0.1) is 0 Å². The second kappa shape index (κ2) is 14.8. The topological polar surface area (TPSA) is 86.6 Å². The second-order valence-electron chi connectivity index (χ2n) is 8.70. The van der Waals surface area contributed by atoms with Gasteiger partial charge in [-0.2, -0.15) is 0 Å². The molecule has 206 valence electrons. The zero-order valence-electron chi connectivity index (χ0n) is 22.3. The molecule has 8 heteroatoms. The van der Waals surface area contributed by atoms with Gasteiger partial charge in [-0.25, -0.2) is 0 Å². The predicted molar refractivity (Wildman–Crippen MR) is 156 cm³/mol. The molecule has 0 aliphatic rings. The summed E-state index contributed by atoms with van der Waals surface area (Å²) in [6, 6.07) is 33.9. The minimum Gasteiger partial charge on any atom is -0.489 e. The van der Waals surface area contributed by atoms with Crippen molar-refractivity contribution in [3.8, 4) is 11.5 Å². The molecule has 40 heavy (non-hydrogen) atoms. The van der Waals surface area contributed by atoms with E-state index in [0.29, 0.717) is 29.4 Å². The quantitative estimate of drug-likeness (QED) is 0.0925. The Morgan fingerprint density at radius 3 is 2.02 bits per heavy atom. The number of benzene rings is 4. The van der Waals surface area contributed by atoms with Crippen LogP contribution in [0.3, 0.4) is 0 Å². The molecule has 0 fully saturated rings. The van der Waals surface area contributed by atoms with Crippen molar-refractivity contribution in [3.63, 3.8) is 0 Å². The predicted octanol–water partition coefficient (Wildman–Crippen LogP) is 6.06. The van der Waals surface area contributed by atoms with E-state index >= 15 is 0 Å². The van der Waals surface area contributed by atoms with Gasteiger partial charge in [0.25, 0.3) is 0 Å². The molecule has 0 amide bonds. The zero-order valence-corrected chi connectivity index (χ0v) is 23.1. The molecule has 2 atom stereocenters. The Morgan fingerprint density at radius 1 is 0.800 bits per heavy atom. The van der Waals surface area contributed by atoms with E-state index in [9.17, 15) is 9.90 Å². The third-order valence-electron chi connectivity index (χ3n) is 5.96. The summed E-state index contributed by atoms with van der Waals surface area (Å²) < 4.78 is 16.8. The molecule has 4 rings (SSSR count). The van der Waals surface area contributed by atoms with E-state index in [1.54, 1.807) is 24.3 Å². The number of rotatable bonds is 13. The lowest BCUT2D eigenvalue weighted by Crippen LogP contribution is -2.26. The first-order valence-corrected chi connectivity index (χ1v) is 13.5. The normalized spacial score (nSPS) is 12.7. The molecule has 0 radical (unpaired) electrons. The molecule has 4 aromatic carbocycles. The zero-order chi connectivity index (χ0) is 28.2. The number of carbonyl (C=O) groups excluding carboxylic acids is 1. The largest absolute Gasteiger partial charge is 0.489 e. The lowest BCUT2D eigenvalue weighted by molar-refractivity contribution is -0.142. The van der Waals surface area contributed by atoms with Crippen LogP contribution in [-0.2, 0) is 21.0 Å². The molecular weight excluding hydrogens is 526 g/mol. The summed E-state index contributed by atoms with van der Waals surface area (Å²) in [5.41, 5.74) is 3.19. The van der Waals surface area contributed by atoms with Gasteiger partial charge in [-0.15, -0.1) is 11.8 Å². The fourth-order valence-electron chi connectivity index (χ4n) is 3.84. The van der Waals surface area contributed by atoms with Crippen LogP contribution in [-0.4, -0.2) is 42.9 Å². The summed E-state index contributed by atoms with van der Waals surface area (Å²) in [5, 5.41) is 14.2. The summed E-state index contributed by atoms with van der Waals surface area (Å²) in [5.74, 6) is 0.858. The van der Waals surface area contributed by atoms with Crippen LogP contribution in [0.15, 0.2) is 119 Å². The number of oxime groups is 1. The smallest absolute Gasteiger partial charge is 0.322 e. The molecule has 0 saturated heterocycles. The van der Waals surface area contributed by atoms with Gasteiger partial charge in [0.05, 0.1) is 7.11 Å². The molecule has 0 heterocycles. The standard InChI is InChI=1S/C32H31NO6S/c1-36-32(35)31(40-28-11-7-4-8-12-28)30(34)25-15-19-27(20-16-25)38-21-23-13-17-26(18-14-23)39-22-29(33-37-2)24-9-5-3-6-10-24/h3-20,30-31,34H,21-22H2,1-2H3/b33-29+. The van der Waals surface area contributed by atoms with Gasteiger partial charge in [0.1, 0.15) is 48.9 Å². The molecule has 4 aromatic rings. The Bertz CT molecular complexity index is 1360. The van der Waals surface area contributed by atoms with Crippen molar-refractivity contribution in [3.05, 3.63) is 126 Å². The summed E-state index contributed by atoms with van der Waals surface area (Å²) >= 11 is 1.26. The third-order valence-corrected chi connectivity index (χ3v) is 7.21. The SMILES string of the molecule is CO/N=C(\COc1ccc(COc2ccc(C(O)C(Sc3ccccc3)C(=O)OC)cc2)cc1)c1ccccc1. The third kappa shape index (κ3) is 8.11. The number of hydrogen-bond acceptors (Lipinski definition) is 8. The summed E-state index contributed by atoms with van der Waals surface area (Å²) in [4.78, 5) is 18.2. The maximum atomic E-state index is 12.4. The number of aliphatic hydroxyl groups is 1. The Hall–Kier alpha value is -4.27. The lowest BCUT2D eigenvalue weighted by atomic mass is 10.1. The highest BCUT2D eigenvalue weighted by Crippen LogP contribution is 2.33. The van der Waals surface area contributed by atoms with E-state index in [4.69, 9.17) is 19.0 Å². The van der Waals surface area contributed by atoms with Crippen LogP contribution in [0.25, 0.3) is 0 Å². The number of hydrogen-bond donors (Lipinski definition) is 1. The summed E-state index contributed by atoms with van der Waals surface area (Å²) in [6.45, 7) is 0.629. The van der Waals surface area contributed by atoms with Crippen molar-refractivity contribution in [2.24, 2.45) is 5.16 Å². The van der Waals surface area contributed by atoms with Crippen molar-refractivity contribution in [2.75, 3.05) is 20.8 Å². The van der Waals surface area contributed by atoms with Crippen LogP contribution in [0.1, 0.15) is 22.8 Å². The average Bonchev–Trinajstić information content (AvgIpc) is 3.02. The van der Waals surface area contributed by atoms with E-state index in [2.05, 4.69) is 5.16 Å². The molecule has 2 unspecified atom stereocenters. The molecule has 1 N–H and O–H groups in total. The lowest BCUT2D eigenvalue weighted by Gasteiger charge is -2.21. The van der Waals surface area contributed by atoms with Crippen molar-refractivity contribution in [1.29, 1.82) is 0 Å². The van der Waals surface area contributed by atoms with Crippen molar-refractivity contribution >= 4 is 23.4 Å². The summed E-state index contributed by atoms with van der Waals surface area (Å²) in [6.07, 6.45) is -1.05. The second-order valence-corrected chi connectivity index (χ2v) is 9.91. The highest BCUT2D eigenvalue weighted by molar-refractivity contribution is 8.00. The minimum absolute atomic E-state index is 0.270. The first kappa shape index (κ1) is 28.7. The number of ether oxygens (including phenoxy) is 3. The molecule has 0 aliphatic heterocycles. The molecule has 0 aliphatic carbocycles. The van der Waals surface area contributed by atoms with Crippen molar-refractivity contribution in [2.45, 2.75) is 22.9 Å². The fraction of sp³-hybridized carbons (Fsp3) is 0.188. The van der Waals surface area contributed by atoms with Gasteiger partial charge in [-0.05, 0) is 47.5 Å². The highest BCUT2D eigenvalue weighted by atomic mass is 32.2. The van der Waals surface area contributed by atoms with Crippen LogP contribution in [0.2, 0.25) is 0 Å². The number of carbonyl (C=O) groups is 1. The molecular formula is C32H31NO6S. The average molecular weight is 558 g/mol. The Balaban J connectivity index is 1.31. The monoisotopic (exact) mass is 557 g/mol. The maximum absolute atomic E-state index is 12.4. The van der Waals surface area contributed by atoms with Crippen LogP contribution in [0.4, 0.5) is 0 Å². The molecule has 0 bridgehead atoms. The van der Waals surface area contributed by atoms with E-state index in [1.165, 1.54) is 26.0 Å². The van der Waals surface area contributed by atoms with Crippen LogP contribution < -0.4 is 9.47 Å². The first-order valence-electron chi connectivity index (χ1n) is 12.6. The van der Waals surface area contributed by atoms with E-state index in [0.717, 1.165) is 16.0 Å². The van der Waals surface area contributed by atoms with E-state index in [-0.39, 0.29) is 6.61 Å². The number of esters is 1. The maximum Gasteiger partial charge on any atom is 0.322 e. The molecule has 7 nitrogen and oxygen atoms in total. The summed E-state index contributed by atoms with van der Waals surface area (Å²) in [7, 11) is 2.83.